The van der Waals surface area contributed by atoms with Gasteiger partial charge < -0.3 is 5.32 Å². The van der Waals surface area contributed by atoms with Crippen molar-refractivity contribution in [2.45, 2.75) is 40.2 Å². The molecule has 0 bridgehead atoms. The van der Waals surface area contributed by atoms with Gasteiger partial charge in [0, 0.05) is 15.5 Å². The first kappa shape index (κ1) is 15.3. The lowest BCUT2D eigenvalue weighted by atomic mass is 9.90. The average Bonchev–Trinajstić information content (AvgIpc) is 2.14. The summed E-state index contributed by atoms with van der Waals surface area (Å²) < 4.78 is 0. The van der Waals surface area contributed by atoms with E-state index in [0.29, 0.717) is 10.0 Å². The van der Waals surface area contributed by atoms with Crippen LogP contribution in [0.15, 0.2) is 18.2 Å². The van der Waals surface area contributed by atoms with Crippen molar-refractivity contribution in [2.75, 3.05) is 0 Å². The first-order valence-corrected chi connectivity index (χ1v) is 6.58. The van der Waals surface area contributed by atoms with Gasteiger partial charge in [-0.15, -0.1) is 0 Å². The molecule has 1 amide bonds. The number of hydrogen-bond acceptors (Lipinski definition) is 1. The molecule has 1 rings (SSSR count). The Kier molecular flexibility index (Phi) is 4.34. The summed E-state index contributed by atoms with van der Waals surface area (Å²) in [5, 5.41) is 4.15. The summed E-state index contributed by atoms with van der Waals surface area (Å²) in [6, 6.07) is 5.30. The number of halogens is 2. The van der Waals surface area contributed by atoms with Crippen LogP contribution >= 0.6 is 23.2 Å². The highest BCUT2D eigenvalue weighted by Crippen LogP contribution is 2.31. The number of carbonyl (C=O) groups excluding carboxylic acids is 1. The third kappa shape index (κ3) is 3.63. The number of amides is 1. The molecule has 0 unspecified atom stereocenters. The Hall–Kier alpha value is -0.730. The highest BCUT2D eigenvalue weighted by Gasteiger charge is 2.30. The Morgan fingerprint density at radius 1 is 1.11 bits per heavy atom. The van der Waals surface area contributed by atoms with E-state index in [2.05, 4.69) is 5.32 Å². The van der Waals surface area contributed by atoms with Gasteiger partial charge in [0.1, 0.15) is 0 Å². The minimum Gasteiger partial charge on any atom is -0.347 e. The molecule has 1 aromatic carbocycles. The van der Waals surface area contributed by atoms with Gasteiger partial charge in [-0.25, -0.2) is 0 Å². The number of benzene rings is 1. The molecule has 0 aliphatic carbocycles. The van der Waals surface area contributed by atoms with E-state index in [1.54, 1.807) is 12.1 Å². The van der Waals surface area contributed by atoms with E-state index in [0.717, 1.165) is 5.56 Å². The second-order valence-corrected chi connectivity index (χ2v) is 6.80. The van der Waals surface area contributed by atoms with Gasteiger partial charge in [-0.2, -0.15) is 0 Å². The summed E-state index contributed by atoms with van der Waals surface area (Å²) in [7, 11) is 0. The van der Waals surface area contributed by atoms with Crippen molar-refractivity contribution >= 4 is 29.1 Å². The minimum absolute atomic E-state index is 0.0153. The van der Waals surface area contributed by atoms with E-state index in [4.69, 9.17) is 23.2 Å². The van der Waals surface area contributed by atoms with Crippen LogP contribution in [0.3, 0.4) is 0 Å². The van der Waals surface area contributed by atoms with E-state index in [1.165, 1.54) is 0 Å². The molecule has 0 spiro atoms. The summed E-state index contributed by atoms with van der Waals surface area (Å²) >= 11 is 12.0. The molecule has 4 heteroatoms. The molecule has 0 aromatic heterocycles. The largest absolute Gasteiger partial charge is 0.347 e. The Morgan fingerprint density at radius 2 is 1.67 bits per heavy atom. The Morgan fingerprint density at radius 3 is 2.11 bits per heavy atom. The molecule has 0 aliphatic heterocycles. The fraction of sp³-hybridized carbons (Fsp3) is 0.500. The predicted molar refractivity (Wildman–Crippen MR) is 77.1 cm³/mol. The zero-order chi connectivity index (χ0) is 14.1. The maximum Gasteiger partial charge on any atom is 0.226 e. The van der Waals surface area contributed by atoms with Gasteiger partial charge in [0.2, 0.25) is 5.91 Å². The van der Waals surface area contributed by atoms with Crippen LogP contribution in [0, 0.1) is 5.41 Å². The summed E-state index contributed by atoms with van der Waals surface area (Å²) in [5.41, 5.74) is -0.117. The van der Waals surface area contributed by atoms with Crippen LogP contribution in [0.25, 0.3) is 0 Å². The average molecular weight is 288 g/mol. The zero-order valence-electron chi connectivity index (χ0n) is 11.4. The molecular weight excluding hydrogens is 269 g/mol. The van der Waals surface area contributed by atoms with Gasteiger partial charge >= 0.3 is 0 Å². The lowest BCUT2D eigenvalue weighted by Crippen LogP contribution is -2.46. The lowest BCUT2D eigenvalue weighted by Gasteiger charge is -2.31. The van der Waals surface area contributed by atoms with Crippen LogP contribution in [-0.4, -0.2) is 5.91 Å². The minimum atomic E-state index is -0.536. The van der Waals surface area contributed by atoms with Crippen molar-refractivity contribution in [3.05, 3.63) is 33.8 Å². The van der Waals surface area contributed by atoms with Crippen molar-refractivity contribution < 1.29 is 4.79 Å². The maximum absolute atomic E-state index is 12.1. The summed E-state index contributed by atoms with van der Waals surface area (Å²) in [6.07, 6.45) is 0. The third-order valence-corrected chi connectivity index (χ3v) is 3.26. The normalized spacial score (nSPS) is 12.4. The maximum atomic E-state index is 12.1. The molecule has 0 saturated carbocycles. The fourth-order valence-corrected chi connectivity index (χ4v) is 2.18. The molecule has 2 nitrogen and oxygen atoms in total. The van der Waals surface area contributed by atoms with Gasteiger partial charge in [-0.05, 0) is 31.5 Å². The monoisotopic (exact) mass is 287 g/mol. The highest BCUT2D eigenvalue weighted by atomic mass is 35.5. The van der Waals surface area contributed by atoms with Gasteiger partial charge in [-0.1, -0.05) is 50.0 Å². The van der Waals surface area contributed by atoms with Crippen LogP contribution in [0.4, 0.5) is 0 Å². The van der Waals surface area contributed by atoms with Gasteiger partial charge in [0.05, 0.1) is 5.54 Å². The Bertz CT molecular complexity index is 461. The van der Waals surface area contributed by atoms with Crippen LogP contribution in [0.1, 0.15) is 40.2 Å². The van der Waals surface area contributed by atoms with Crippen molar-refractivity contribution in [2.24, 2.45) is 5.41 Å². The topological polar surface area (TPSA) is 29.1 Å². The fourth-order valence-electron chi connectivity index (χ4n) is 1.54. The molecule has 1 aromatic rings. The van der Waals surface area contributed by atoms with E-state index in [1.807, 2.05) is 40.7 Å². The van der Waals surface area contributed by atoms with Crippen LogP contribution < -0.4 is 5.32 Å². The second-order valence-electron chi connectivity index (χ2n) is 5.95. The standard InChI is InChI=1S/C14H19Cl2NO/c1-13(2,3)12(18)17-14(4,5)10-7-6-9(15)8-11(10)16/h6-8H,1-5H3,(H,17,18). The van der Waals surface area contributed by atoms with Gasteiger partial charge in [0.25, 0.3) is 0 Å². The van der Waals surface area contributed by atoms with E-state index >= 15 is 0 Å². The zero-order valence-corrected chi connectivity index (χ0v) is 12.9. The van der Waals surface area contributed by atoms with Crippen molar-refractivity contribution in [3.8, 4) is 0 Å². The summed E-state index contributed by atoms with van der Waals surface area (Å²) in [4.78, 5) is 12.1. The first-order chi connectivity index (χ1) is 8.04. The van der Waals surface area contributed by atoms with Crippen LogP contribution in [0.2, 0.25) is 10.0 Å². The molecule has 0 fully saturated rings. The first-order valence-electron chi connectivity index (χ1n) is 5.82. The molecule has 1 N–H and O–H groups in total. The van der Waals surface area contributed by atoms with Crippen molar-refractivity contribution in [1.82, 2.24) is 5.32 Å². The summed E-state index contributed by atoms with van der Waals surface area (Å²) in [5.74, 6) is -0.0153. The SMILES string of the molecule is CC(C)(C)C(=O)NC(C)(C)c1ccc(Cl)cc1Cl. The molecule has 100 valence electrons. The molecule has 0 aliphatic rings. The van der Waals surface area contributed by atoms with Crippen LogP contribution in [-0.2, 0) is 10.3 Å². The lowest BCUT2D eigenvalue weighted by molar-refractivity contribution is -0.130. The Labute approximate surface area is 119 Å². The van der Waals surface area contributed by atoms with E-state index in [-0.39, 0.29) is 5.91 Å². The number of nitrogens with one attached hydrogen (secondary N) is 1. The quantitative estimate of drug-likeness (QED) is 0.859. The van der Waals surface area contributed by atoms with E-state index < -0.39 is 11.0 Å². The van der Waals surface area contributed by atoms with Gasteiger partial charge in [0.15, 0.2) is 0 Å². The molecule has 0 radical (unpaired) electrons. The van der Waals surface area contributed by atoms with Crippen molar-refractivity contribution in [1.29, 1.82) is 0 Å². The molecule has 0 atom stereocenters. The second kappa shape index (κ2) is 5.10. The molecule has 0 saturated heterocycles. The Balaban J connectivity index is 3.03. The molecule has 0 heterocycles. The third-order valence-electron chi connectivity index (χ3n) is 2.71. The smallest absolute Gasteiger partial charge is 0.226 e. The number of carbonyl (C=O) groups is 1. The predicted octanol–water partition coefficient (Wildman–Crippen LogP) is 4.39. The number of rotatable bonds is 2. The van der Waals surface area contributed by atoms with E-state index in [9.17, 15) is 4.79 Å². The van der Waals surface area contributed by atoms with Gasteiger partial charge in [-0.3, -0.25) is 4.79 Å². The molecule has 18 heavy (non-hydrogen) atoms. The van der Waals surface area contributed by atoms with Crippen LogP contribution in [0.5, 0.6) is 0 Å². The van der Waals surface area contributed by atoms with Crippen molar-refractivity contribution in [3.63, 3.8) is 0 Å². The highest BCUT2D eigenvalue weighted by molar-refractivity contribution is 6.35. The number of hydrogen-bond donors (Lipinski definition) is 1. The summed E-state index contributed by atoms with van der Waals surface area (Å²) in [6.45, 7) is 9.48. The molecular formula is C14H19Cl2NO.